The topological polar surface area (TPSA) is 80.8 Å². The maximum Gasteiger partial charge on any atom is 0.308 e. The largest absolute Gasteiger partial charge is 0.469 e. The van der Waals surface area contributed by atoms with Crippen LogP contribution in [0.5, 0.6) is 0 Å². The minimum Gasteiger partial charge on any atom is -0.469 e. The summed E-state index contributed by atoms with van der Waals surface area (Å²) in [6.07, 6.45) is 2.65. The summed E-state index contributed by atoms with van der Waals surface area (Å²) in [5.41, 5.74) is 0.160. The van der Waals surface area contributed by atoms with E-state index in [1.807, 2.05) is 0 Å². The summed E-state index contributed by atoms with van der Waals surface area (Å²) in [7, 11) is -2.32. The molecule has 0 aromatic heterocycles. The summed E-state index contributed by atoms with van der Waals surface area (Å²) in [5.74, 6) is -0.204. The van der Waals surface area contributed by atoms with Crippen molar-refractivity contribution < 1.29 is 22.7 Å². The highest BCUT2D eigenvalue weighted by Gasteiger charge is 2.45. The van der Waals surface area contributed by atoms with Crippen molar-refractivity contribution in [3.05, 3.63) is 29.8 Å². The van der Waals surface area contributed by atoms with Gasteiger partial charge >= 0.3 is 5.97 Å². The lowest BCUT2D eigenvalue weighted by atomic mass is 9.78. The number of nitrogens with zero attached hydrogens (tertiary/aromatic N) is 1. The van der Waals surface area contributed by atoms with Gasteiger partial charge < -0.3 is 4.74 Å². The minimum atomic E-state index is -3.70. The molecule has 0 N–H and O–H groups in total. The van der Waals surface area contributed by atoms with Crippen LogP contribution in [0.25, 0.3) is 0 Å². The summed E-state index contributed by atoms with van der Waals surface area (Å²) < 4.78 is 32.4. The van der Waals surface area contributed by atoms with Gasteiger partial charge in [0.15, 0.2) is 0 Å². The fraction of sp³-hybridized carbons (Fsp3) is 0.529. The molecule has 0 bridgehead atoms. The lowest BCUT2D eigenvalue weighted by Gasteiger charge is -2.34. The van der Waals surface area contributed by atoms with Crippen LogP contribution in [-0.4, -0.2) is 43.6 Å². The van der Waals surface area contributed by atoms with Gasteiger partial charge in [0.2, 0.25) is 10.0 Å². The second-order valence-corrected chi connectivity index (χ2v) is 8.80. The van der Waals surface area contributed by atoms with E-state index < -0.39 is 15.3 Å². The van der Waals surface area contributed by atoms with Gasteiger partial charge in [0.1, 0.15) is 0 Å². The fourth-order valence-corrected chi connectivity index (χ4v) is 5.88. The summed E-state index contributed by atoms with van der Waals surface area (Å²) in [4.78, 5) is 23.2. The second-order valence-electron chi connectivity index (χ2n) is 6.57. The normalized spacial score (nSPS) is 26.9. The van der Waals surface area contributed by atoms with Gasteiger partial charge in [-0.15, -0.1) is 0 Å². The Kier molecular flexibility index (Phi) is 5.18. The Morgan fingerprint density at radius 2 is 2.00 bits per heavy atom. The van der Waals surface area contributed by atoms with E-state index in [-0.39, 0.29) is 34.3 Å². The number of carbonyl (C=O) groups excluding carboxylic acids is 2. The quantitative estimate of drug-likeness (QED) is 0.587. The number of sulfonamides is 1. The molecular weight excluding hydrogens is 366 g/mol. The number of halogens is 1. The highest BCUT2D eigenvalue weighted by atomic mass is 35.5. The fourth-order valence-electron chi connectivity index (χ4n) is 3.99. The Bertz CT molecular complexity index is 794. The Morgan fingerprint density at radius 1 is 1.24 bits per heavy atom. The number of benzene rings is 1. The number of esters is 1. The molecule has 1 aromatic carbocycles. The van der Waals surface area contributed by atoms with Gasteiger partial charge in [0, 0.05) is 18.2 Å². The third-order valence-electron chi connectivity index (χ3n) is 5.23. The van der Waals surface area contributed by atoms with E-state index in [1.165, 1.54) is 35.7 Å². The first-order valence-corrected chi connectivity index (χ1v) is 10.1. The van der Waals surface area contributed by atoms with Crippen LogP contribution < -0.4 is 0 Å². The van der Waals surface area contributed by atoms with E-state index >= 15 is 0 Å². The van der Waals surface area contributed by atoms with E-state index in [2.05, 4.69) is 0 Å². The number of hydrogen-bond donors (Lipinski definition) is 0. The molecule has 1 saturated carbocycles. The number of fused-ring (bicyclic) bond motifs is 1. The van der Waals surface area contributed by atoms with Gasteiger partial charge in [-0.1, -0.05) is 12.1 Å². The highest BCUT2D eigenvalue weighted by Crippen LogP contribution is 2.41. The van der Waals surface area contributed by atoms with Gasteiger partial charge in [0.25, 0.3) is 5.24 Å². The summed E-state index contributed by atoms with van der Waals surface area (Å²) in [6, 6.07) is 5.69. The van der Waals surface area contributed by atoms with Crippen molar-refractivity contribution in [2.75, 3.05) is 13.7 Å². The standard InChI is InChI=1S/C17H20ClNO5S/c1-24-17(21)13-5-6-15-11(9-13)7-8-19(15)25(22,23)14-4-2-3-12(10-14)16(18)20/h2-4,10-11,13,15H,5-9H2,1H3. The van der Waals surface area contributed by atoms with Crippen LogP contribution in [0.1, 0.15) is 36.0 Å². The van der Waals surface area contributed by atoms with Crippen LogP contribution in [0, 0.1) is 11.8 Å². The van der Waals surface area contributed by atoms with Crippen molar-refractivity contribution in [3.8, 4) is 0 Å². The Balaban J connectivity index is 1.82. The third kappa shape index (κ3) is 3.45. The number of hydrogen-bond acceptors (Lipinski definition) is 5. The molecule has 0 amide bonds. The molecule has 2 aliphatic rings. The van der Waals surface area contributed by atoms with Crippen molar-refractivity contribution in [1.82, 2.24) is 4.31 Å². The maximum atomic E-state index is 13.0. The second kappa shape index (κ2) is 7.05. The Labute approximate surface area is 152 Å². The first kappa shape index (κ1) is 18.4. The highest BCUT2D eigenvalue weighted by molar-refractivity contribution is 7.89. The number of rotatable bonds is 4. The summed E-state index contributed by atoms with van der Waals surface area (Å²) in [6.45, 7) is 0.421. The molecule has 6 nitrogen and oxygen atoms in total. The molecule has 2 fully saturated rings. The molecule has 0 radical (unpaired) electrons. The first-order valence-electron chi connectivity index (χ1n) is 8.24. The predicted octanol–water partition coefficient (Wildman–Crippen LogP) is 2.42. The SMILES string of the molecule is COC(=O)C1CCC2C(CCN2S(=O)(=O)c2cccc(C(=O)Cl)c2)C1. The molecule has 3 atom stereocenters. The molecule has 136 valence electrons. The first-order chi connectivity index (χ1) is 11.8. The summed E-state index contributed by atoms with van der Waals surface area (Å²) in [5, 5.41) is -0.685. The molecule has 25 heavy (non-hydrogen) atoms. The van der Waals surface area contributed by atoms with Crippen molar-refractivity contribution in [2.45, 2.75) is 36.6 Å². The molecule has 3 rings (SSSR count). The smallest absolute Gasteiger partial charge is 0.308 e. The Morgan fingerprint density at radius 3 is 2.68 bits per heavy atom. The molecular formula is C17H20ClNO5S. The van der Waals surface area contributed by atoms with Crippen LogP contribution in [0.4, 0.5) is 0 Å². The average Bonchev–Trinajstić information content (AvgIpc) is 3.05. The number of carbonyl (C=O) groups is 2. The molecule has 1 aliphatic heterocycles. The lowest BCUT2D eigenvalue weighted by molar-refractivity contribution is -0.147. The van der Waals surface area contributed by atoms with Crippen molar-refractivity contribution in [1.29, 1.82) is 0 Å². The monoisotopic (exact) mass is 385 g/mol. The summed E-state index contributed by atoms with van der Waals surface area (Å²) >= 11 is 5.46. The Hall–Kier alpha value is -1.44. The molecule has 3 unspecified atom stereocenters. The van der Waals surface area contributed by atoms with Gasteiger partial charge in [0.05, 0.1) is 17.9 Å². The minimum absolute atomic E-state index is 0.0785. The number of methoxy groups -OCH3 is 1. The maximum absolute atomic E-state index is 13.0. The van der Waals surface area contributed by atoms with E-state index in [0.29, 0.717) is 25.8 Å². The molecule has 0 spiro atoms. The molecule has 8 heteroatoms. The van der Waals surface area contributed by atoms with Gasteiger partial charge in [-0.3, -0.25) is 9.59 Å². The molecule has 1 aliphatic carbocycles. The predicted molar refractivity (Wildman–Crippen MR) is 91.8 cm³/mol. The van der Waals surface area contributed by atoms with Crippen LogP contribution in [-0.2, 0) is 19.6 Å². The van der Waals surface area contributed by atoms with Gasteiger partial charge in [-0.05, 0) is 55.3 Å². The zero-order valence-electron chi connectivity index (χ0n) is 13.9. The van der Waals surface area contributed by atoms with Crippen molar-refractivity contribution >= 4 is 32.8 Å². The van der Waals surface area contributed by atoms with Crippen molar-refractivity contribution in [3.63, 3.8) is 0 Å². The molecule has 1 saturated heterocycles. The molecule has 1 heterocycles. The van der Waals surface area contributed by atoms with Crippen LogP contribution in [0.2, 0.25) is 0 Å². The zero-order chi connectivity index (χ0) is 18.2. The van der Waals surface area contributed by atoms with Crippen LogP contribution in [0.3, 0.4) is 0 Å². The average molecular weight is 386 g/mol. The van der Waals surface area contributed by atoms with Gasteiger partial charge in [-0.25, -0.2) is 8.42 Å². The third-order valence-corrected chi connectivity index (χ3v) is 7.37. The van der Waals surface area contributed by atoms with Gasteiger partial charge in [-0.2, -0.15) is 4.31 Å². The zero-order valence-corrected chi connectivity index (χ0v) is 15.4. The van der Waals surface area contributed by atoms with Crippen LogP contribution in [0.15, 0.2) is 29.2 Å². The van der Waals surface area contributed by atoms with E-state index in [4.69, 9.17) is 16.3 Å². The van der Waals surface area contributed by atoms with Crippen molar-refractivity contribution in [2.24, 2.45) is 11.8 Å². The lowest BCUT2D eigenvalue weighted by Crippen LogP contribution is -2.41. The number of ether oxygens (including phenoxy) is 1. The molecule has 1 aromatic rings. The van der Waals surface area contributed by atoms with Crippen LogP contribution >= 0.6 is 11.6 Å². The van der Waals surface area contributed by atoms with E-state index in [9.17, 15) is 18.0 Å². The van der Waals surface area contributed by atoms with E-state index in [0.717, 1.165) is 6.42 Å². The van der Waals surface area contributed by atoms with E-state index in [1.54, 1.807) is 0 Å².